The molecule has 4 nitrogen and oxygen atoms in total. The molecule has 7 heteroatoms. The van der Waals surface area contributed by atoms with E-state index in [1.165, 1.54) is 17.4 Å². The summed E-state index contributed by atoms with van der Waals surface area (Å²) in [7, 11) is -2.14. The van der Waals surface area contributed by atoms with Gasteiger partial charge in [0.25, 0.3) is 0 Å². The van der Waals surface area contributed by atoms with E-state index in [-0.39, 0.29) is 23.1 Å². The summed E-state index contributed by atoms with van der Waals surface area (Å²) in [6, 6.07) is 13.9. The van der Waals surface area contributed by atoms with Crippen molar-refractivity contribution in [3.8, 4) is 5.75 Å². The van der Waals surface area contributed by atoms with Crippen LogP contribution < -0.4 is 4.74 Å². The van der Waals surface area contributed by atoms with Gasteiger partial charge in [0.2, 0.25) is 10.0 Å². The van der Waals surface area contributed by atoms with Crippen LogP contribution in [-0.4, -0.2) is 32.9 Å². The number of likely N-dealkylation sites (N-methyl/N-ethyl adjacent to an activating group) is 1. The second-order valence-corrected chi connectivity index (χ2v) is 7.90. The summed E-state index contributed by atoms with van der Waals surface area (Å²) in [4.78, 5) is 0.0829. The minimum atomic E-state index is -3.64. The molecule has 0 fully saturated rings. The van der Waals surface area contributed by atoms with Crippen LogP contribution in [0.3, 0.4) is 0 Å². The molecule has 0 spiro atoms. The van der Waals surface area contributed by atoms with Crippen LogP contribution in [0.4, 0.5) is 0 Å². The Labute approximate surface area is 143 Å². The minimum Gasteiger partial charge on any atom is -0.492 e. The van der Waals surface area contributed by atoms with Crippen LogP contribution in [0.1, 0.15) is 0 Å². The second-order valence-electron chi connectivity index (χ2n) is 4.56. The lowest BCUT2D eigenvalue weighted by molar-refractivity contribution is 0.287. The number of para-hydroxylation sites is 1. The molecule has 2 rings (SSSR count). The van der Waals surface area contributed by atoms with Crippen molar-refractivity contribution in [2.45, 2.75) is 4.90 Å². The molecule has 0 aliphatic heterocycles. The molecule has 0 saturated heterocycles. The zero-order valence-corrected chi connectivity index (χ0v) is 15.0. The van der Waals surface area contributed by atoms with Crippen molar-refractivity contribution in [1.82, 2.24) is 4.31 Å². The molecule has 0 aliphatic carbocycles. The SMILES string of the molecule is CN(CCOc1ccccc1)S(=O)(=O)c1ccc(Br)cc1Cl. The van der Waals surface area contributed by atoms with Crippen molar-refractivity contribution in [2.24, 2.45) is 0 Å². The first kappa shape index (κ1) is 17.3. The van der Waals surface area contributed by atoms with E-state index in [1.54, 1.807) is 12.1 Å². The van der Waals surface area contributed by atoms with Crippen LogP contribution in [0.15, 0.2) is 57.9 Å². The maximum absolute atomic E-state index is 12.5. The number of ether oxygens (including phenoxy) is 1. The van der Waals surface area contributed by atoms with Crippen LogP contribution in [0.25, 0.3) is 0 Å². The molecule has 0 atom stereocenters. The lowest BCUT2D eigenvalue weighted by atomic mass is 10.3. The average Bonchev–Trinajstić information content (AvgIpc) is 2.47. The Morgan fingerprint density at radius 1 is 1.18 bits per heavy atom. The van der Waals surface area contributed by atoms with Gasteiger partial charge in [0.1, 0.15) is 17.3 Å². The van der Waals surface area contributed by atoms with E-state index in [4.69, 9.17) is 16.3 Å². The molecule has 0 N–H and O–H groups in total. The number of nitrogens with zero attached hydrogens (tertiary/aromatic N) is 1. The normalized spacial score (nSPS) is 11.6. The summed E-state index contributed by atoms with van der Waals surface area (Å²) < 4.78 is 32.4. The number of hydrogen-bond acceptors (Lipinski definition) is 3. The van der Waals surface area contributed by atoms with Gasteiger partial charge in [-0.1, -0.05) is 45.7 Å². The highest BCUT2D eigenvalue weighted by Crippen LogP contribution is 2.27. The average molecular weight is 405 g/mol. The lowest BCUT2D eigenvalue weighted by Crippen LogP contribution is -2.31. The molecule has 2 aromatic carbocycles. The Hall–Kier alpha value is -1.08. The van der Waals surface area contributed by atoms with E-state index < -0.39 is 10.0 Å². The molecule has 2 aromatic rings. The Kier molecular flexibility index (Phi) is 5.86. The van der Waals surface area contributed by atoms with E-state index >= 15 is 0 Å². The molecule has 0 saturated carbocycles. The highest BCUT2D eigenvalue weighted by molar-refractivity contribution is 9.10. The molecule has 0 radical (unpaired) electrons. The van der Waals surface area contributed by atoms with E-state index in [2.05, 4.69) is 15.9 Å². The monoisotopic (exact) mass is 403 g/mol. The standard InChI is InChI=1S/C15H15BrClNO3S/c1-18(9-10-21-13-5-3-2-4-6-13)22(19,20)15-8-7-12(16)11-14(15)17/h2-8,11H,9-10H2,1H3. The Morgan fingerprint density at radius 3 is 2.50 bits per heavy atom. The van der Waals surface area contributed by atoms with Gasteiger partial charge in [-0.3, -0.25) is 0 Å². The molecule has 0 aliphatic rings. The van der Waals surface area contributed by atoms with Crippen molar-refractivity contribution in [3.05, 3.63) is 58.0 Å². The molecular formula is C15H15BrClNO3S. The van der Waals surface area contributed by atoms with Crippen molar-refractivity contribution in [2.75, 3.05) is 20.2 Å². The van der Waals surface area contributed by atoms with Crippen LogP contribution in [0.5, 0.6) is 5.75 Å². The van der Waals surface area contributed by atoms with Crippen molar-refractivity contribution < 1.29 is 13.2 Å². The fraction of sp³-hybridized carbons (Fsp3) is 0.200. The summed E-state index contributed by atoms with van der Waals surface area (Å²) in [6.07, 6.45) is 0. The van der Waals surface area contributed by atoms with Gasteiger partial charge in [-0.05, 0) is 30.3 Å². The number of sulfonamides is 1. The third-order valence-electron chi connectivity index (χ3n) is 3.00. The fourth-order valence-corrected chi connectivity index (χ4v) is 3.94. The van der Waals surface area contributed by atoms with Gasteiger partial charge >= 0.3 is 0 Å². The first-order valence-corrected chi connectivity index (χ1v) is 9.11. The number of benzene rings is 2. The molecule has 0 aromatic heterocycles. The summed E-state index contributed by atoms with van der Waals surface area (Å²) in [5.74, 6) is 0.704. The smallest absolute Gasteiger partial charge is 0.244 e. The predicted octanol–water partition coefficient (Wildman–Crippen LogP) is 3.80. The molecular weight excluding hydrogens is 390 g/mol. The molecule has 0 heterocycles. The van der Waals surface area contributed by atoms with Crippen LogP contribution in [0.2, 0.25) is 5.02 Å². The minimum absolute atomic E-state index is 0.0829. The largest absolute Gasteiger partial charge is 0.492 e. The lowest BCUT2D eigenvalue weighted by Gasteiger charge is -2.18. The predicted molar refractivity (Wildman–Crippen MR) is 90.9 cm³/mol. The molecule has 0 unspecified atom stereocenters. The van der Waals surface area contributed by atoms with E-state index in [0.29, 0.717) is 5.75 Å². The van der Waals surface area contributed by atoms with Gasteiger partial charge in [-0.25, -0.2) is 8.42 Å². The molecule has 22 heavy (non-hydrogen) atoms. The van der Waals surface area contributed by atoms with Crippen LogP contribution >= 0.6 is 27.5 Å². The van der Waals surface area contributed by atoms with Crippen molar-refractivity contribution in [3.63, 3.8) is 0 Å². The first-order valence-electron chi connectivity index (χ1n) is 6.50. The number of halogens is 2. The number of rotatable bonds is 6. The topological polar surface area (TPSA) is 46.6 Å². The first-order chi connectivity index (χ1) is 10.4. The highest BCUT2D eigenvalue weighted by Gasteiger charge is 2.23. The zero-order chi connectivity index (χ0) is 16.2. The highest BCUT2D eigenvalue weighted by atomic mass is 79.9. The van der Waals surface area contributed by atoms with Crippen LogP contribution in [0, 0.1) is 0 Å². The van der Waals surface area contributed by atoms with E-state index in [1.807, 2.05) is 30.3 Å². The number of hydrogen-bond donors (Lipinski definition) is 0. The Balaban J connectivity index is 2.03. The van der Waals surface area contributed by atoms with Gasteiger partial charge in [0.15, 0.2) is 0 Å². The second kappa shape index (κ2) is 7.46. The van der Waals surface area contributed by atoms with Gasteiger partial charge in [-0.15, -0.1) is 0 Å². The Bertz CT molecular complexity index is 738. The summed E-state index contributed by atoms with van der Waals surface area (Å²) in [5.41, 5.74) is 0. The van der Waals surface area contributed by atoms with Gasteiger partial charge < -0.3 is 4.74 Å². The molecule has 0 bridgehead atoms. The maximum Gasteiger partial charge on any atom is 0.244 e. The molecule has 0 amide bonds. The third kappa shape index (κ3) is 4.23. The fourth-order valence-electron chi connectivity index (χ4n) is 1.78. The van der Waals surface area contributed by atoms with Crippen LogP contribution in [-0.2, 0) is 10.0 Å². The van der Waals surface area contributed by atoms with Crippen molar-refractivity contribution >= 4 is 37.6 Å². The zero-order valence-electron chi connectivity index (χ0n) is 11.9. The Morgan fingerprint density at radius 2 is 1.86 bits per heavy atom. The summed E-state index contributed by atoms with van der Waals surface area (Å²) in [5, 5.41) is 0.185. The van der Waals surface area contributed by atoms with E-state index in [9.17, 15) is 8.42 Å². The van der Waals surface area contributed by atoms with E-state index in [0.717, 1.165) is 4.47 Å². The van der Waals surface area contributed by atoms with Crippen molar-refractivity contribution in [1.29, 1.82) is 0 Å². The maximum atomic E-state index is 12.5. The van der Waals surface area contributed by atoms with Gasteiger partial charge in [0, 0.05) is 18.1 Å². The quantitative estimate of drug-likeness (QED) is 0.735. The molecule has 118 valence electrons. The summed E-state index contributed by atoms with van der Waals surface area (Å²) >= 11 is 9.28. The van der Waals surface area contributed by atoms with Gasteiger partial charge in [-0.2, -0.15) is 4.31 Å². The summed E-state index contributed by atoms with van der Waals surface area (Å²) in [6.45, 7) is 0.484. The van der Waals surface area contributed by atoms with Gasteiger partial charge in [0.05, 0.1) is 5.02 Å². The third-order valence-corrected chi connectivity index (χ3v) is 5.83.